The number of ketones is 1. The molecule has 1 heterocycles. The maximum absolute atomic E-state index is 13.0. The van der Waals surface area contributed by atoms with Crippen molar-refractivity contribution in [2.24, 2.45) is 0 Å². The molecule has 2 aromatic carbocycles. The number of aryl methyl sites for hydroxylation is 1. The van der Waals surface area contributed by atoms with E-state index in [9.17, 15) is 9.59 Å². The molecular weight excluding hydrogens is 432 g/mol. The molecule has 0 spiro atoms. The number of nitrogens with zero attached hydrogens (tertiary/aromatic N) is 2. The van der Waals surface area contributed by atoms with Gasteiger partial charge in [-0.05, 0) is 55.3 Å². The standard InChI is InChI=1S/C23H23BrN2O3/c1-15-11-19(12-18-5-4-6-21(13-18)29-3)23(28)26(25-15)16(2)22(27)14-17-7-9-20(24)10-8-17/h4-11,13,16H,12,14H2,1-3H3/t16-/m0/s1. The van der Waals surface area contributed by atoms with Crippen LogP contribution in [0.3, 0.4) is 0 Å². The summed E-state index contributed by atoms with van der Waals surface area (Å²) in [5.74, 6) is 0.687. The fourth-order valence-electron chi connectivity index (χ4n) is 3.18. The summed E-state index contributed by atoms with van der Waals surface area (Å²) >= 11 is 3.39. The van der Waals surface area contributed by atoms with E-state index in [4.69, 9.17) is 4.74 Å². The molecule has 1 atom stereocenters. The highest BCUT2D eigenvalue weighted by molar-refractivity contribution is 9.10. The van der Waals surface area contributed by atoms with Crippen molar-refractivity contribution in [1.29, 1.82) is 0 Å². The second kappa shape index (κ2) is 9.18. The van der Waals surface area contributed by atoms with E-state index in [0.29, 0.717) is 17.7 Å². The average Bonchev–Trinajstić information content (AvgIpc) is 2.71. The number of hydrogen-bond donors (Lipinski definition) is 0. The van der Waals surface area contributed by atoms with E-state index in [1.54, 1.807) is 20.1 Å². The number of carbonyl (C=O) groups is 1. The van der Waals surface area contributed by atoms with Crippen molar-refractivity contribution in [2.75, 3.05) is 7.11 Å². The molecule has 0 fully saturated rings. The molecule has 6 heteroatoms. The van der Waals surface area contributed by atoms with Gasteiger partial charge in [0.05, 0.1) is 12.8 Å². The van der Waals surface area contributed by atoms with Crippen LogP contribution in [0, 0.1) is 6.92 Å². The first-order chi connectivity index (χ1) is 13.9. The molecule has 0 bridgehead atoms. The Morgan fingerprint density at radius 2 is 1.86 bits per heavy atom. The Kier molecular flexibility index (Phi) is 6.64. The number of carbonyl (C=O) groups excluding carboxylic acids is 1. The van der Waals surface area contributed by atoms with E-state index in [1.807, 2.05) is 55.5 Å². The highest BCUT2D eigenvalue weighted by Gasteiger charge is 2.20. The minimum absolute atomic E-state index is 0.0557. The van der Waals surface area contributed by atoms with Gasteiger partial charge in [0.15, 0.2) is 5.78 Å². The smallest absolute Gasteiger partial charge is 0.270 e. The van der Waals surface area contributed by atoms with Gasteiger partial charge in [0.1, 0.15) is 11.8 Å². The zero-order chi connectivity index (χ0) is 21.0. The maximum atomic E-state index is 13.0. The van der Waals surface area contributed by atoms with Gasteiger partial charge in [0, 0.05) is 22.9 Å². The van der Waals surface area contributed by atoms with Crippen LogP contribution in [0.25, 0.3) is 0 Å². The zero-order valence-electron chi connectivity index (χ0n) is 16.7. The van der Waals surface area contributed by atoms with Crippen LogP contribution in [-0.4, -0.2) is 22.7 Å². The number of rotatable bonds is 7. The lowest BCUT2D eigenvalue weighted by atomic mass is 10.0. The third-order valence-electron chi connectivity index (χ3n) is 4.78. The Morgan fingerprint density at radius 1 is 1.14 bits per heavy atom. The molecule has 0 aliphatic heterocycles. The van der Waals surface area contributed by atoms with Gasteiger partial charge < -0.3 is 4.74 Å². The van der Waals surface area contributed by atoms with Crippen molar-refractivity contribution in [3.05, 3.63) is 91.8 Å². The topological polar surface area (TPSA) is 61.2 Å². The van der Waals surface area contributed by atoms with Crippen LogP contribution in [0.2, 0.25) is 0 Å². The molecule has 29 heavy (non-hydrogen) atoms. The highest BCUT2D eigenvalue weighted by Crippen LogP contribution is 2.17. The van der Waals surface area contributed by atoms with Crippen LogP contribution in [0.4, 0.5) is 0 Å². The quantitative estimate of drug-likeness (QED) is 0.534. The van der Waals surface area contributed by atoms with Crippen LogP contribution in [0.5, 0.6) is 5.75 Å². The Balaban J connectivity index is 1.86. The first-order valence-electron chi connectivity index (χ1n) is 9.37. The van der Waals surface area contributed by atoms with Gasteiger partial charge in [-0.1, -0.05) is 40.2 Å². The largest absolute Gasteiger partial charge is 0.497 e. The molecule has 0 amide bonds. The summed E-state index contributed by atoms with van der Waals surface area (Å²) in [6.45, 7) is 3.56. The first kappa shape index (κ1) is 21.0. The summed E-state index contributed by atoms with van der Waals surface area (Å²) in [6, 6.07) is 16.3. The molecule has 3 aromatic rings. The number of ether oxygens (including phenoxy) is 1. The monoisotopic (exact) mass is 454 g/mol. The molecular formula is C23H23BrN2O3. The summed E-state index contributed by atoms with van der Waals surface area (Å²) < 4.78 is 7.53. The number of hydrogen-bond acceptors (Lipinski definition) is 4. The van der Waals surface area contributed by atoms with Crippen molar-refractivity contribution >= 4 is 21.7 Å². The Hall–Kier alpha value is -2.73. The fraction of sp³-hybridized carbons (Fsp3) is 0.261. The predicted molar refractivity (Wildman–Crippen MR) is 117 cm³/mol. The minimum Gasteiger partial charge on any atom is -0.497 e. The molecule has 0 saturated heterocycles. The third kappa shape index (κ3) is 5.21. The Bertz CT molecular complexity index is 1070. The van der Waals surface area contributed by atoms with E-state index in [-0.39, 0.29) is 17.8 Å². The molecule has 0 aliphatic carbocycles. The summed E-state index contributed by atoms with van der Waals surface area (Å²) in [4.78, 5) is 25.8. The van der Waals surface area contributed by atoms with Gasteiger partial charge in [-0.15, -0.1) is 0 Å². The average molecular weight is 455 g/mol. The summed E-state index contributed by atoms with van der Waals surface area (Å²) in [7, 11) is 1.61. The number of Topliss-reactive ketones (excluding diaryl/α,β-unsaturated/α-hetero) is 1. The number of aromatic nitrogens is 2. The lowest BCUT2D eigenvalue weighted by Gasteiger charge is -2.15. The molecule has 0 saturated carbocycles. The summed E-state index contributed by atoms with van der Waals surface area (Å²) in [6.07, 6.45) is 0.703. The van der Waals surface area contributed by atoms with Crippen molar-refractivity contribution < 1.29 is 9.53 Å². The molecule has 1 aromatic heterocycles. The van der Waals surface area contributed by atoms with Crippen LogP contribution < -0.4 is 10.3 Å². The van der Waals surface area contributed by atoms with E-state index in [0.717, 1.165) is 21.3 Å². The number of methoxy groups -OCH3 is 1. The van der Waals surface area contributed by atoms with Crippen LogP contribution >= 0.6 is 15.9 Å². The normalized spacial score (nSPS) is 11.9. The second-order valence-electron chi connectivity index (χ2n) is 7.03. The summed E-state index contributed by atoms with van der Waals surface area (Å²) in [5, 5.41) is 4.34. The Labute approximate surface area is 178 Å². The van der Waals surface area contributed by atoms with E-state index in [1.165, 1.54) is 4.68 Å². The highest BCUT2D eigenvalue weighted by atomic mass is 79.9. The van der Waals surface area contributed by atoms with Crippen molar-refractivity contribution in [2.45, 2.75) is 32.7 Å². The SMILES string of the molecule is COc1cccc(Cc2cc(C)nn([C@@H](C)C(=O)Cc3ccc(Br)cc3)c2=O)c1. The minimum atomic E-state index is -0.643. The van der Waals surface area contributed by atoms with Crippen LogP contribution in [-0.2, 0) is 17.6 Å². The van der Waals surface area contributed by atoms with Gasteiger partial charge in [0.25, 0.3) is 5.56 Å². The fourth-order valence-corrected chi connectivity index (χ4v) is 3.45. The van der Waals surface area contributed by atoms with Gasteiger partial charge in [-0.25, -0.2) is 4.68 Å². The molecule has 5 nitrogen and oxygen atoms in total. The lowest BCUT2D eigenvalue weighted by molar-refractivity contribution is -0.121. The van der Waals surface area contributed by atoms with E-state index < -0.39 is 6.04 Å². The number of halogens is 1. The molecule has 3 rings (SSSR count). The van der Waals surface area contributed by atoms with Gasteiger partial charge in [0.2, 0.25) is 0 Å². The second-order valence-corrected chi connectivity index (χ2v) is 7.95. The van der Waals surface area contributed by atoms with E-state index >= 15 is 0 Å². The maximum Gasteiger partial charge on any atom is 0.270 e. The van der Waals surface area contributed by atoms with Crippen molar-refractivity contribution in [3.63, 3.8) is 0 Å². The van der Waals surface area contributed by atoms with Crippen LogP contribution in [0.1, 0.15) is 35.3 Å². The van der Waals surface area contributed by atoms with Crippen molar-refractivity contribution in [1.82, 2.24) is 9.78 Å². The van der Waals surface area contributed by atoms with Gasteiger partial charge in [-0.2, -0.15) is 5.10 Å². The third-order valence-corrected chi connectivity index (χ3v) is 5.31. The van der Waals surface area contributed by atoms with Crippen LogP contribution in [0.15, 0.2) is 63.9 Å². The first-order valence-corrected chi connectivity index (χ1v) is 10.2. The molecule has 150 valence electrons. The number of benzene rings is 2. The van der Waals surface area contributed by atoms with Gasteiger partial charge >= 0.3 is 0 Å². The molecule has 0 N–H and O–H groups in total. The Morgan fingerprint density at radius 3 is 2.55 bits per heavy atom. The summed E-state index contributed by atoms with van der Waals surface area (Å²) in [5.41, 5.74) is 2.93. The molecule has 0 unspecified atom stereocenters. The van der Waals surface area contributed by atoms with E-state index in [2.05, 4.69) is 21.0 Å². The zero-order valence-corrected chi connectivity index (χ0v) is 18.3. The van der Waals surface area contributed by atoms with Crippen molar-refractivity contribution in [3.8, 4) is 5.75 Å². The lowest BCUT2D eigenvalue weighted by Crippen LogP contribution is -2.33. The van der Waals surface area contributed by atoms with Gasteiger partial charge in [-0.3, -0.25) is 9.59 Å². The predicted octanol–water partition coefficient (Wildman–Crippen LogP) is 4.29. The molecule has 0 radical (unpaired) electrons. The molecule has 0 aliphatic rings.